The van der Waals surface area contributed by atoms with Crippen molar-refractivity contribution in [2.75, 3.05) is 6.54 Å². The number of hydrogen-bond acceptors (Lipinski definition) is 2. The van der Waals surface area contributed by atoms with Crippen LogP contribution in [0.3, 0.4) is 0 Å². The second kappa shape index (κ2) is 4.81. The van der Waals surface area contributed by atoms with Crippen molar-refractivity contribution in [3.05, 3.63) is 0 Å². The van der Waals surface area contributed by atoms with Crippen molar-refractivity contribution in [3.8, 4) is 0 Å². The average molecular weight is 320 g/mol. The molecule has 0 radical (unpaired) electrons. The summed E-state index contributed by atoms with van der Waals surface area (Å²) in [7, 11) is 0. The standard InChI is InChI=1S/C19H29NO3/c1-13-9-14-12-20-15-5-4-6-17(2,11-16(21)22)18(15,3)7-8-19(20,10-13)23-14/h13-14H,4-12H2,1-3H3/p+1/t13-,14+,17+,18+,19-/m0/s1. The Morgan fingerprint density at radius 2 is 2.13 bits per heavy atom. The van der Waals surface area contributed by atoms with Gasteiger partial charge >= 0.3 is 5.97 Å². The van der Waals surface area contributed by atoms with Crippen LogP contribution in [0.4, 0.5) is 0 Å². The van der Waals surface area contributed by atoms with Crippen molar-refractivity contribution in [3.63, 3.8) is 0 Å². The maximum absolute atomic E-state index is 11.5. The number of carboxylic acid groups (broad SMARTS) is 1. The Morgan fingerprint density at radius 3 is 2.87 bits per heavy atom. The molecular formula is C19H30NO3+. The molecule has 23 heavy (non-hydrogen) atoms. The van der Waals surface area contributed by atoms with Gasteiger partial charge < -0.3 is 9.84 Å². The lowest BCUT2D eigenvalue weighted by Crippen LogP contribution is -2.59. The van der Waals surface area contributed by atoms with Crippen LogP contribution < -0.4 is 0 Å². The maximum Gasteiger partial charge on any atom is 0.303 e. The van der Waals surface area contributed by atoms with Crippen LogP contribution >= 0.6 is 0 Å². The molecule has 0 aromatic carbocycles. The molecule has 0 unspecified atom stereocenters. The quantitative estimate of drug-likeness (QED) is 0.793. The largest absolute Gasteiger partial charge is 0.481 e. The smallest absolute Gasteiger partial charge is 0.303 e. The number of aliphatic carboxylic acids is 1. The molecule has 1 spiro atoms. The summed E-state index contributed by atoms with van der Waals surface area (Å²) < 4.78 is 9.09. The van der Waals surface area contributed by atoms with E-state index in [0.717, 1.165) is 51.0 Å². The molecule has 5 atom stereocenters. The fourth-order valence-corrected chi connectivity index (χ4v) is 6.28. The minimum absolute atomic E-state index is 0.0129. The second-order valence-corrected chi connectivity index (χ2v) is 9.11. The zero-order valence-electron chi connectivity index (χ0n) is 14.7. The van der Waals surface area contributed by atoms with Crippen LogP contribution in [0, 0.1) is 16.7 Å². The number of fused-ring (bicyclic) bond motifs is 2. The van der Waals surface area contributed by atoms with Gasteiger partial charge in [0.25, 0.3) is 5.72 Å². The number of rotatable bonds is 2. The Labute approximate surface area is 138 Å². The number of ether oxygens (including phenoxy) is 1. The molecule has 4 heteroatoms. The molecule has 0 aromatic heterocycles. The van der Waals surface area contributed by atoms with Gasteiger partial charge in [0.05, 0.1) is 11.8 Å². The number of nitrogens with zero attached hydrogens (tertiary/aromatic N) is 1. The molecule has 128 valence electrons. The van der Waals surface area contributed by atoms with Crippen LogP contribution in [0.25, 0.3) is 0 Å². The van der Waals surface area contributed by atoms with Gasteiger partial charge in [-0.15, -0.1) is 0 Å². The summed E-state index contributed by atoms with van der Waals surface area (Å²) >= 11 is 0. The third-order valence-electron chi connectivity index (χ3n) is 7.59. The minimum atomic E-state index is -0.653. The van der Waals surface area contributed by atoms with Gasteiger partial charge in [-0.05, 0) is 43.9 Å². The van der Waals surface area contributed by atoms with Gasteiger partial charge in [0.15, 0.2) is 12.3 Å². The van der Waals surface area contributed by atoms with Crippen LogP contribution in [-0.2, 0) is 9.53 Å². The van der Waals surface area contributed by atoms with Crippen LogP contribution in [0.5, 0.6) is 0 Å². The van der Waals surface area contributed by atoms with Crippen LogP contribution in [0.1, 0.15) is 72.1 Å². The molecule has 4 rings (SSSR count). The van der Waals surface area contributed by atoms with Crippen molar-refractivity contribution in [2.45, 2.75) is 84.0 Å². The van der Waals surface area contributed by atoms with Crippen molar-refractivity contribution >= 4 is 11.7 Å². The summed E-state index contributed by atoms with van der Waals surface area (Å²) in [5.74, 6) is 0.0815. The SMILES string of the molecule is C[C@H]1C[C@@H]2C[N+]3=C4CCC[C@](C)(CC(=O)O)[C@]4(C)CC[C@@]3(C1)O2. The first kappa shape index (κ1) is 15.6. The van der Waals surface area contributed by atoms with E-state index in [1.54, 1.807) is 0 Å². The van der Waals surface area contributed by atoms with E-state index in [-0.39, 0.29) is 23.0 Å². The molecule has 2 bridgehead atoms. The van der Waals surface area contributed by atoms with E-state index in [4.69, 9.17) is 4.74 Å². The summed E-state index contributed by atoms with van der Waals surface area (Å²) in [6.07, 6.45) is 8.37. The fraction of sp³-hybridized carbons (Fsp3) is 0.895. The highest BCUT2D eigenvalue weighted by molar-refractivity contribution is 5.88. The Balaban J connectivity index is 1.80. The van der Waals surface area contributed by atoms with Gasteiger partial charge in [-0.3, -0.25) is 4.79 Å². The zero-order valence-corrected chi connectivity index (χ0v) is 14.7. The van der Waals surface area contributed by atoms with E-state index >= 15 is 0 Å². The molecule has 3 heterocycles. The first-order chi connectivity index (χ1) is 10.8. The van der Waals surface area contributed by atoms with E-state index < -0.39 is 5.97 Å². The van der Waals surface area contributed by atoms with Crippen molar-refractivity contribution < 1.29 is 19.2 Å². The Morgan fingerprint density at radius 1 is 1.35 bits per heavy atom. The Kier molecular flexibility index (Phi) is 3.27. The topological polar surface area (TPSA) is 49.5 Å². The number of carboxylic acids is 1. The third kappa shape index (κ3) is 2.06. The fourth-order valence-electron chi connectivity index (χ4n) is 6.28. The minimum Gasteiger partial charge on any atom is -0.481 e. The molecule has 0 aromatic rings. The van der Waals surface area contributed by atoms with Gasteiger partial charge in [0.2, 0.25) is 0 Å². The van der Waals surface area contributed by atoms with Gasteiger partial charge in [0, 0.05) is 19.3 Å². The predicted molar refractivity (Wildman–Crippen MR) is 87.7 cm³/mol. The van der Waals surface area contributed by atoms with Crippen molar-refractivity contribution in [2.24, 2.45) is 16.7 Å². The summed E-state index contributed by atoms with van der Waals surface area (Å²) in [5.41, 5.74) is 1.32. The van der Waals surface area contributed by atoms with Gasteiger partial charge in [-0.25, -0.2) is 4.58 Å². The van der Waals surface area contributed by atoms with E-state index in [1.807, 2.05) is 0 Å². The van der Waals surface area contributed by atoms with E-state index in [1.165, 1.54) is 12.1 Å². The maximum atomic E-state index is 11.5. The lowest BCUT2D eigenvalue weighted by Gasteiger charge is -2.52. The molecule has 2 saturated heterocycles. The molecule has 0 amide bonds. The first-order valence-corrected chi connectivity index (χ1v) is 9.32. The van der Waals surface area contributed by atoms with Crippen LogP contribution in [0.2, 0.25) is 0 Å². The molecule has 1 aliphatic carbocycles. The average Bonchev–Trinajstić information content (AvgIpc) is 2.71. The molecule has 1 saturated carbocycles. The zero-order chi connectivity index (χ0) is 16.5. The second-order valence-electron chi connectivity index (χ2n) is 9.11. The molecule has 4 aliphatic rings. The summed E-state index contributed by atoms with van der Waals surface area (Å²) in [5, 5.41) is 9.46. The van der Waals surface area contributed by atoms with Gasteiger partial charge in [0.1, 0.15) is 6.10 Å². The highest BCUT2D eigenvalue weighted by Gasteiger charge is 2.65. The molecular weight excluding hydrogens is 290 g/mol. The number of carbonyl (C=O) groups is 1. The van der Waals surface area contributed by atoms with Crippen LogP contribution in [0.15, 0.2) is 0 Å². The lowest BCUT2D eigenvalue weighted by atomic mass is 9.52. The van der Waals surface area contributed by atoms with Crippen molar-refractivity contribution in [1.82, 2.24) is 0 Å². The van der Waals surface area contributed by atoms with E-state index in [0.29, 0.717) is 6.10 Å². The lowest BCUT2D eigenvalue weighted by molar-refractivity contribution is -0.634. The molecule has 1 N–H and O–H groups in total. The van der Waals surface area contributed by atoms with Gasteiger partial charge in [-0.1, -0.05) is 13.8 Å². The summed E-state index contributed by atoms with van der Waals surface area (Å²) in [6.45, 7) is 7.93. The molecule has 3 fully saturated rings. The highest BCUT2D eigenvalue weighted by Crippen LogP contribution is 2.58. The van der Waals surface area contributed by atoms with E-state index in [2.05, 4.69) is 25.3 Å². The summed E-state index contributed by atoms with van der Waals surface area (Å²) in [4.78, 5) is 11.5. The predicted octanol–water partition coefficient (Wildman–Crippen LogP) is 3.43. The number of hydrogen-bond donors (Lipinski definition) is 1. The highest BCUT2D eigenvalue weighted by atomic mass is 16.5. The van der Waals surface area contributed by atoms with Crippen molar-refractivity contribution in [1.29, 1.82) is 0 Å². The van der Waals surface area contributed by atoms with E-state index in [9.17, 15) is 9.90 Å². The van der Waals surface area contributed by atoms with Gasteiger partial charge in [-0.2, -0.15) is 0 Å². The monoisotopic (exact) mass is 320 g/mol. The van der Waals surface area contributed by atoms with Crippen LogP contribution in [-0.4, -0.2) is 39.7 Å². The Bertz CT molecular complexity index is 585. The Hall–Kier alpha value is -0.900. The molecule has 4 nitrogen and oxygen atoms in total. The summed E-state index contributed by atoms with van der Waals surface area (Å²) in [6, 6.07) is 0. The normalized spacial score (nSPS) is 48.8. The first-order valence-electron chi connectivity index (χ1n) is 9.32. The third-order valence-corrected chi connectivity index (χ3v) is 7.59. The molecule has 3 aliphatic heterocycles.